The van der Waals surface area contributed by atoms with Gasteiger partial charge in [0.05, 0.1) is 0 Å². The zero-order valence-electron chi connectivity index (χ0n) is 12.3. The van der Waals surface area contributed by atoms with Gasteiger partial charge in [0.2, 0.25) is 0 Å². The van der Waals surface area contributed by atoms with Gasteiger partial charge < -0.3 is 9.88 Å². The van der Waals surface area contributed by atoms with E-state index < -0.39 is 0 Å². The molecule has 0 aliphatic heterocycles. The molecule has 0 bridgehead atoms. The number of nitrogens with one attached hydrogen (secondary N) is 1. The number of nitrogens with zero attached hydrogens (tertiary/aromatic N) is 5. The Morgan fingerprint density at radius 1 is 1.45 bits per heavy atom. The Kier molecular flexibility index (Phi) is 4.44. The predicted molar refractivity (Wildman–Crippen MR) is 86.6 cm³/mol. The number of thioether (sulfide) groups is 1. The molecule has 7 nitrogen and oxygen atoms in total. The summed E-state index contributed by atoms with van der Waals surface area (Å²) < 4.78 is 3.90. The van der Waals surface area contributed by atoms with Crippen molar-refractivity contribution in [3.63, 3.8) is 0 Å². The average Bonchev–Trinajstić information content (AvgIpc) is 3.17. The molecule has 3 rings (SSSR count). The van der Waals surface area contributed by atoms with Crippen molar-refractivity contribution in [3.8, 4) is 0 Å². The molecule has 116 valence electrons. The molecule has 0 saturated heterocycles. The molecule has 1 N–H and O–H groups in total. The van der Waals surface area contributed by atoms with Crippen LogP contribution >= 0.6 is 23.1 Å². The Hall–Kier alpha value is -1.87. The molecule has 0 aliphatic rings. The fourth-order valence-electron chi connectivity index (χ4n) is 2.07. The lowest BCUT2D eigenvalue weighted by molar-refractivity contribution is 0.0952. The largest absolute Gasteiger partial charge is 0.350 e. The quantitative estimate of drug-likeness (QED) is 0.549. The minimum absolute atomic E-state index is 0.148. The normalized spacial score (nSPS) is 11.2. The van der Waals surface area contributed by atoms with E-state index in [4.69, 9.17) is 0 Å². The van der Waals surface area contributed by atoms with E-state index in [0.717, 1.165) is 28.2 Å². The number of carbonyl (C=O) groups excluding carboxylic acids is 1. The zero-order chi connectivity index (χ0) is 15.5. The van der Waals surface area contributed by atoms with Gasteiger partial charge in [0, 0.05) is 36.6 Å². The lowest BCUT2D eigenvalue weighted by Gasteiger charge is -2.05. The molecule has 0 spiro atoms. The van der Waals surface area contributed by atoms with Crippen LogP contribution < -0.4 is 5.32 Å². The van der Waals surface area contributed by atoms with Crippen LogP contribution in [0.15, 0.2) is 22.9 Å². The van der Waals surface area contributed by atoms with Crippen molar-refractivity contribution in [2.75, 3.05) is 12.3 Å². The van der Waals surface area contributed by atoms with Crippen LogP contribution in [0, 0.1) is 6.92 Å². The van der Waals surface area contributed by atoms with E-state index in [2.05, 4.69) is 32.0 Å². The van der Waals surface area contributed by atoms with E-state index in [1.54, 1.807) is 18.0 Å². The van der Waals surface area contributed by atoms with E-state index in [-0.39, 0.29) is 5.91 Å². The van der Waals surface area contributed by atoms with Crippen LogP contribution in [0.1, 0.15) is 23.2 Å². The molecule has 9 heteroatoms. The highest BCUT2D eigenvalue weighted by Crippen LogP contribution is 2.16. The molecule has 0 radical (unpaired) electrons. The summed E-state index contributed by atoms with van der Waals surface area (Å²) in [6, 6.07) is 0. The maximum atomic E-state index is 12.0. The number of aryl methyl sites for hydroxylation is 1. The first-order valence-corrected chi connectivity index (χ1v) is 8.78. The second-order valence-electron chi connectivity index (χ2n) is 4.60. The smallest absolute Gasteiger partial charge is 0.271 e. The third-order valence-electron chi connectivity index (χ3n) is 3.16. The standard InChI is InChI=1S/C13H16N6OS2/c1-3-19-9(2)16-17-13(19)21-6-4-14-11(20)10-8-18-5-7-22-12(18)15-10/h5,7-8H,3-4,6H2,1-2H3,(H,14,20). The Bertz CT molecular complexity index is 761. The monoisotopic (exact) mass is 336 g/mol. The lowest BCUT2D eigenvalue weighted by Crippen LogP contribution is -2.26. The maximum absolute atomic E-state index is 12.0. The van der Waals surface area contributed by atoms with E-state index >= 15 is 0 Å². The number of aromatic nitrogens is 5. The van der Waals surface area contributed by atoms with Gasteiger partial charge in [0.1, 0.15) is 11.5 Å². The molecular weight excluding hydrogens is 320 g/mol. The van der Waals surface area contributed by atoms with Crippen molar-refractivity contribution >= 4 is 34.0 Å². The van der Waals surface area contributed by atoms with Crippen LogP contribution in [0.5, 0.6) is 0 Å². The predicted octanol–water partition coefficient (Wildman–Crippen LogP) is 1.84. The van der Waals surface area contributed by atoms with Gasteiger partial charge in [0.15, 0.2) is 10.1 Å². The van der Waals surface area contributed by atoms with Gasteiger partial charge in [-0.25, -0.2) is 4.98 Å². The summed E-state index contributed by atoms with van der Waals surface area (Å²) in [6.45, 7) is 5.41. The van der Waals surface area contributed by atoms with Crippen LogP contribution in [0.3, 0.4) is 0 Å². The molecule has 3 heterocycles. The van der Waals surface area contributed by atoms with Gasteiger partial charge in [-0.2, -0.15) is 0 Å². The summed E-state index contributed by atoms with van der Waals surface area (Å²) in [6.07, 6.45) is 3.63. The number of amides is 1. The Labute approximate surface area is 135 Å². The number of hydrogen-bond acceptors (Lipinski definition) is 6. The number of imidazole rings is 1. The highest BCUT2D eigenvalue weighted by atomic mass is 32.2. The molecule has 0 atom stereocenters. The van der Waals surface area contributed by atoms with E-state index in [9.17, 15) is 4.79 Å². The second kappa shape index (κ2) is 6.49. The Balaban J connectivity index is 1.50. The first-order valence-electron chi connectivity index (χ1n) is 6.92. The van der Waals surface area contributed by atoms with Gasteiger partial charge in [0.25, 0.3) is 5.91 Å². The van der Waals surface area contributed by atoms with Crippen molar-refractivity contribution in [3.05, 3.63) is 29.3 Å². The number of fused-ring (bicyclic) bond motifs is 1. The third kappa shape index (κ3) is 3.00. The number of hydrogen-bond donors (Lipinski definition) is 1. The Morgan fingerprint density at radius 2 is 2.32 bits per heavy atom. The fraction of sp³-hybridized carbons (Fsp3) is 0.385. The highest BCUT2D eigenvalue weighted by Gasteiger charge is 2.11. The molecule has 0 unspecified atom stereocenters. The highest BCUT2D eigenvalue weighted by molar-refractivity contribution is 7.99. The summed E-state index contributed by atoms with van der Waals surface area (Å²) in [5.74, 6) is 1.50. The van der Waals surface area contributed by atoms with Crippen LogP contribution in [0.2, 0.25) is 0 Å². The van der Waals surface area contributed by atoms with Gasteiger partial charge in [-0.15, -0.1) is 21.5 Å². The Morgan fingerprint density at radius 3 is 3.09 bits per heavy atom. The second-order valence-corrected chi connectivity index (χ2v) is 6.53. The van der Waals surface area contributed by atoms with Gasteiger partial charge in [-0.1, -0.05) is 11.8 Å². The summed E-state index contributed by atoms with van der Waals surface area (Å²) >= 11 is 3.09. The topological polar surface area (TPSA) is 77.1 Å². The fourth-order valence-corrected chi connectivity index (χ4v) is 3.67. The molecule has 3 aromatic rings. The van der Waals surface area contributed by atoms with Crippen molar-refractivity contribution in [1.82, 2.24) is 29.5 Å². The van der Waals surface area contributed by atoms with Crippen molar-refractivity contribution < 1.29 is 4.79 Å². The zero-order valence-corrected chi connectivity index (χ0v) is 13.9. The molecule has 0 fully saturated rings. The summed E-state index contributed by atoms with van der Waals surface area (Å²) in [7, 11) is 0. The average molecular weight is 336 g/mol. The van der Waals surface area contributed by atoms with Crippen LogP contribution in [-0.2, 0) is 6.54 Å². The molecule has 0 aliphatic carbocycles. The van der Waals surface area contributed by atoms with Crippen molar-refractivity contribution in [2.45, 2.75) is 25.5 Å². The van der Waals surface area contributed by atoms with Crippen molar-refractivity contribution in [2.24, 2.45) is 0 Å². The molecule has 3 aromatic heterocycles. The summed E-state index contributed by atoms with van der Waals surface area (Å²) in [4.78, 5) is 17.1. The number of carbonyl (C=O) groups is 1. The molecule has 0 saturated carbocycles. The van der Waals surface area contributed by atoms with Crippen LogP contribution in [0.25, 0.3) is 4.96 Å². The first-order chi connectivity index (χ1) is 10.7. The van der Waals surface area contributed by atoms with E-state index in [0.29, 0.717) is 12.2 Å². The number of thiazole rings is 1. The molecule has 1 amide bonds. The minimum Gasteiger partial charge on any atom is -0.350 e. The molecule has 0 aromatic carbocycles. The number of rotatable bonds is 6. The van der Waals surface area contributed by atoms with E-state index in [1.165, 1.54) is 11.3 Å². The maximum Gasteiger partial charge on any atom is 0.271 e. The van der Waals surface area contributed by atoms with Crippen LogP contribution in [0.4, 0.5) is 0 Å². The van der Waals surface area contributed by atoms with E-state index in [1.807, 2.05) is 22.9 Å². The van der Waals surface area contributed by atoms with Gasteiger partial charge in [-0.05, 0) is 13.8 Å². The summed E-state index contributed by atoms with van der Waals surface area (Å²) in [5.41, 5.74) is 0.449. The van der Waals surface area contributed by atoms with Gasteiger partial charge >= 0.3 is 0 Å². The minimum atomic E-state index is -0.148. The molecule has 22 heavy (non-hydrogen) atoms. The van der Waals surface area contributed by atoms with Crippen molar-refractivity contribution in [1.29, 1.82) is 0 Å². The lowest BCUT2D eigenvalue weighted by atomic mass is 10.4. The third-order valence-corrected chi connectivity index (χ3v) is 4.90. The molecular formula is C13H16N6OS2. The SMILES string of the molecule is CCn1c(C)nnc1SCCNC(=O)c1cn2ccsc2n1. The van der Waals surface area contributed by atoms with Crippen LogP contribution in [-0.4, -0.2) is 42.4 Å². The first kappa shape index (κ1) is 15.0. The summed E-state index contributed by atoms with van der Waals surface area (Å²) in [5, 5.41) is 13.9. The van der Waals surface area contributed by atoms with Gasteiger partial charge in [-0.3, -0.25) is 9.20 Å².